The molecule has 106 valence electrons. The summed E-state index contributed by atoms with van der Waals surface area (Å²) in [5, 5.41) is 4.40. The van der Waals surface area contributed by atoms with Crippen LogP contribution in [0.15, 0.2) is 48.9 Å². The molecule has 0 unspecified atom stereocenters. The van der Waals surface area contributed by atoms with Crippen molar-refractivity contribution in [2.24, 2.45) is 0 Å². The Bertz CT molecular complexity index is 785. The summed E-state index contributed by atoms with van der Waals surface area (Å²) in [5.74, 6) is 0.239. The molecular formula is C15H13FN4O. The van der Waals surface area contributed by atoms with Crippen LogP contribution in [0.4, 0.5) is 10.1 Å². The Morgan fingerprint density at radius 1 is 1.24 bits per heavy atom. The van der Waals surface area contributed by atoms with Gasteiger partial charge in [-0.3, -0.25) is 4.98 Å². The van der Waals surface area contributed by atoms with Gasteiger partial charge in [0.05, 0.1) is 25.2 Å². The van der Waals surface area contributed by atoms with E-state index in [1.165, 1.54) is 12.3 Å². The van der Waals surface area contributed by atoms with E-state index in [4.69, 9.17) is 10.5 Å². The van der Waals surface area contributed by atoms with E-state index in [1.54, 1.807) is 18.0 Å². The smallest absolute Gasteiger partial charge is 0.144 e. The first-order valence-electron chi connectivity index (χ1n) is 6.28. The quantitative estimate of drug-likeness (QED) is 0.803. The summed E-state index contributed by atoms with van der Waals surface area (Å²) < 4.78 is 20.2. The van der Waals surface area contributed by atoms with Gasteiger partial charge in [-0.1, -0.05) is 12.1 Å². The number of para-hydroxylation sites is 2. The molecule has 6 heteroatoms. The molecule has 2 N–H and O–H groups in total. The van der Waals surface area contributed by atoms with Crippen LogP contribution in [-0.4, -0.2) is 21.9 Å². The maximum atomic E-state index is 13.3. The highest BCUT2D eigenvalue weighted by Gasteiger charge is 2.13. The van der Waals surface area contributed by atoms with Crippen LogP contribution in [0.1, 0.15) is 0 Å². The standard InChI is InChI=1S/C15H13FN4O/c1-21-14-5-3-2-4-13(14)20-9-12(17)15(19-20)10-6-11(16)8-18-7-10/h2-9H,17H2,1H3. The van der Waals surface area contributed by atoms with E-state index in [0.717, 1.165) is 11.9 Å². The molecule has 0 aliphatic carbocycles. The Balaban J connectivity index is 2.10. The number of halogens is 1. The predicted octanol–water partition coefficient (Wildman–Crippen LogP) is 2.66. The maximum Gasteiger partial charge on any atom is 0.144 e. The molecule has 1 aromatic carbocycles. The summed E-state index contributed by atoms with van der Waals surface area (Å²) in [4.78, 5) is 3.81. The summed E-state index contributed by atoms with van der Waals surface area (Å²) >= 11 is 0. The Morgan fingerprint density at radius 2 is 2.05 bits per heavy atom. The number of nitrogen functional groups attached to an aromatic ring is 1. The molecule has 0 aliphatic heterocycles. The summed E-state index contributed by atoms with van der Waals surface area (Å²) in [5.41, 5.74) is 8.18. The molecule has 0 atom stereocenters. The van der Waals surface area contributed by atoms with E-state index in [0.29, 0.717) is 22.7 Å². The number of ether oxygens (including phenoxy) is 1. The minimum Gasteiger partial charge on any atom is -0.494 e. The highest BCUT2D eigenvalue weighted by Crippen LogP contribution is 2.28. The highest BCUT2D eigenvalue weighted by atomic mass is 19.1. The van der Waals surface area contributed by atoms with Crippen LogP contribution in [0.2, 0.25) is 0 Å². The number of anilines is 1. The molecular weight excluding hydrogens is 271 g/mol. The largest absolute Gasteiger partial charge is 0.494 e. The Morgan fingerprint density at radius 3 is 2.81 bits per heavy atom. The second kappa shape index (κ2) is 5.24. The third kappa shape index (κ3) is 2.43. The minimum atomic E-state index is -0.432. The average molecular weight is 284 g/mol. The van der Waals surface area contributed by atoms with Gasteiger partial charge in [-0.2, -0.15) is 5.10 Å². The molecule has 0 saturated heterocycles. The van der Waals surface area contributed by atoms with Gasteiger partial charge in [0, 0.05) is 11.8 Å². The Kier molecular flexibility index (Phi) is 3.27. The second-order valence-corrected chi connectivity index (χ2v) is 4.44. The first-order chi connectivity index (χ1) is 10.2. The summed E-state index contributed by atoms with van der Waals surface area (Å²) in [6.07, 6.45) is 4.32. The lowest BCUT2D eigenvalue weighted by Gasteiger charge is -2.07. The van der Waals surface area contributed by atoms with Gasteiger partial charge in [0.1, 0.15) is 22.9 Å². The van der Waals surface area contributed by atoms with E-state index < -0.39 is 5.82 Å². The lowest BCUT2D eigenvalue weighted by Crippen LogP contribution is -1.98. The first-order valence-corrected chi connectivity index (χ1v) is 6.28. The van der Waals surface area contributed by atoms with E-state index in [-0.39, 0.29) is 0 Å². The van der Waals surface area contributed by atoms with Crippen molar-refractivity contribution in [3.63, 3.8) is 0 Å². The molecule has 0 aliphatic rings. The zero-order valence-electron chi connectivity index (χ0n) is 11.3. The summed E-state index contributed by atoms with van der Waals surface area (Å²) in [6, 6.07) is 8.78. The van der Waals surface area contributed by atoms with Crippen LogP contribution in [0.25, 0.3) is 16.9 Å². The van der Waals surface area contributed by atoms with Gasteiger partial charge in [-0.25, -0.2) is 9.07 Å². The van der Waals surface area contributed by atoms with Gasteiger partial charge in [-0.05, 0) is 18.2 Å². The maximum absolute atomic E-state index is 13.3. The van der Waals surface area contributed by atoms with Gasteiger partial charge in [-0.15, -0.1) is 0 Å². The van der Waals surface area contributed by atoms with Crippen molar-refractivity contribution in [3.8, 4) is 22.7 Å². The predicted molar refractivity (Wildman–Crippen MR) is 77.7 cm³/mol. The topological polar surface area (TPSA) is 66.0 Å². The number of hydrogen-bond acceptors (Lipinski definition) is 4. The molecule has 0 spiro atoms. The van der Waals surface area contributed by atoms with E-state index >= 15 is 0 Å². The normalized spacial score (nSPS) is 10.6. The molecule has 3 rings (SSSR count). The van der Waals surface area contributed by atoms with Crippen LogP contribution in [-0.2, 0) is 0 Å². The Labute approximate surface area is 120 Å². The van der Waals surface area contributed by atoms with Gasteiger partial charge in [0.15, 0.2) is 0 Å². The van der Waals surface area contributed by atoms with Crippen LogP contribution in [0.5, 0.6) is 5.75 Å². The fraction of sp³-hybridized carbons (Fsp3) is 0.0667. The lowest BCUT2D eigenvalue weighted by molar-refractivity contribution is 0.412. The number of methoxy groups -OCH3 is 1. The number of hydrogen-bond donors (Lipinski definition) is 1. The SMILES string of the molecule is COc1ccccc1-n1cc(N)c(-c2cncc(F)c2)n1. The molecule has 3 aromatic rings. The van der Waals surface area contributed by atoms with Crippen molar-refractivity contribution < 1.29 is 9.13 Å². The third-order valence-electron chi connectivity index (χ3n) is 3.05. The first kappa shape index (κ1) is 13.1. The zero-order chi connectivity index (χ0) is 14.8. The fourth-order valence-corrected chi connectivity index (χ4v) is 2.10. The van der Waals surface area contributed by atoms with Crippen molar-refractivity contribution >= 4 is 5.69 Å². The van der Waals surface area contributed by atoms with Crippen molar-refractivity contribution in [1.82, 2.24) is 14.8 Å². The van der Waals surface area contributed by atoms with Crippen molar-refractivity contribution in [3.05, 3.63) is 54.7 Å². The lowest BCUT2D eigenvalue weighted by atomic mass is 10.2. The summed E-state index contributed by atoms with van der Waals surface area (Å²) in [6.45, 7) is 0. The van der Waals surface area contributed by atoms with E-state index in [9.17, 15) is 4.39 Å². The summed E-state index contributed by atoms with van der Waals surface area (Å²) in [7, 11) is 1.59. The Hall–Kier alpha value is -2.89. The van der Waals surface area contributed by atoms with Gasteiger partial charge in [0.25, 0.3) is 0 Å². The number of rotatable bonds is 3. The minimum absolute atomic E-state index is 0.432. The van der Waals surface area contributed by atoms with Crippen LogP contribution in [0, 0.1) is 5.82 Å². The van der Waals surface area contributed by atoms with Crippen LogP contribution >= 0.6 is 0 Å². The van der Waals surface area contributed by atoms with Crippen LogP contribution in [0.3, 0.4) is 0 Å². The van der Waals surface area contributed by atoms with E-state index in [2.05, 4.69) is 10.1 Å². The molecule has 0 amide bonds. The monoisotopic (exact) mass is 284 g/mol. The van der Waals surface area contributed by atoms with Gasteiger partial charge >= 0.3 is 0 Å². The van der Waals surface area contributed by atoms with Gasteiger partial charge < -0.3 is 10.5 Å². The molecule has 0 saturated carbocycles. The number of benzene rings is 1. The molecule has 2 heterocycles. The number of nitrogens with zero attached hydrogens (tertiary/aromatic N) is 3. The molecule has 21 heavy (non-hydrogen) atoms. The molecule has 5 nitrogen and oxygen atoms in total. The van der Waals surface area contributed by atoms with Crippen LogP contribution < -0.4 is 10.5 Å². The van der Waals surface area contributed by atoms with Crippen molar-refractivity contribution in [2.45, 2.75) is 0 Å². The number of nitrogens with two attached hydrogens (primary N) is 1. The van der Waals surface area contributed by atoms with E-state index in [1.807, 2.05) is 24.3 Å². The third-order valence-corrected chi connectivity index (χ3v) is 3.05. The number of pyridine rings is 1. The second-order valence-electron chi connectivity index (χ2n) is 4.44. The fourth-order valence-electron chi connectivity index (χ4n) is 2.10. The zero-order valence-corrected chi connectivity index (χ0v) is 11.3. The average Bonchev–Trinajstić information content (AvgIpc) is 2.89. The van der Waals surface area contributed by atoms with Crippen molar-refractivity contribution in [2.75, 3.05) is 12.8 Å². The molecule has 0 bridgehead atoms. The van der Waals surface area contributed by atoms with Gasteiger partial charge in [0.2, 0.25) is 0 Å². The molecule has 0 radical (unpaired) electrons. The molecule has 0 fully saturated rings. The highest BCUT2D eigenvalue weighted by molar-refractivity contribution is 5.72. The van der Waals surface area contributed by atoms with Crippen molar-refractivity contribution in [1.29, 1.82) is 0 Å². The number of aromatic nitrogens is 3. The molecule has 2 aromatic heterocycles.